The van der Waals surface area contributed by atoms with Crippen LogP contribution >= 0.6 is 11.6 Å². The molecule has 0 aliphatic heterocycles. The van der Waals surface area contributed by atoms with Gasteiger partial charge in [0.05, 0.1) is 6.10 Å². The summed E-state index contributed by atoms with van der Waals surface area (Å²) in [6.45, 7) is 7.98. The van der Waals surface area contributed by atoms with Crippen LogP contribution < -0.4 is 5.32 Å². The number of ether oxygens (including phenoxy) is 1. The van der Waals surface area contributed by atoms with Crippen molar-refractivity contribution in [1.82, 2.24) is 5.32 Å². The van der Waals surface area contributed by atoms with Gasteiger partial charge >= 0.3 is 0 Å². The lowest BCUT2D eigenvalue weighted by atomic mass is 9.95. The zero-order valence-electron chi connectivity index (χ0n) is 10.1. The van der Waals surface area contributed by atoms with E-state index in [1.165, 1.54) is 0 Å². The third kappa shape index (κ3) is 6.74. The van der Waals surface area contributed by atoms with Gasteiger partial charge in [-0.1, -0.05) is 6.92 Å². The summed E-state index contributed by atoms with van der Waals surface area (Å²) in [5, 5.41) is 2.95. The molecule has 0 aliphatic rings. The van der Waals surface area contributed by atoms with Crippen LogP contribution in [0.5, 0.6) is 0 Å². The van der Waals surface area contributed by atoms with Gasteiger partial charge in [0.1, 0.15) is 6.61 Å². The van der Waals surface area contributed by atoms with E-state index in [0.717, 1.165) is 12.8 Å². The maximum atomic E-state index is 11.5. The van der Waals surface area contributed by atoms with Crippen molar-refractivity contribution in [2.75, 3.05) is 12.5 Å². The molecule has 1 unspecified atom stereocenters. The molecule has 0 aromatic carbocycles. The summed E-state index contributed by atoms with van der Waals surface area (Å²) < 4.78 is 5.23. The molecule has 0 saturated carbocycles. The van der Waals surface area contributed by atoms with Crippen LogP contribution in [0.2, 0.25) is 0 Å². The first-order valence-corrected chi connectivity index (χ1v) is 5.95. The van der Waals surface area contributed by atoms with Crippen LogP contribution in [0.25, 0.3) is 0 Å². The molecule has 0 radical (unpaired) electrons. The molecular weight excluding hydrogens is 214 g/mol. The smallest absolute Gasteiger partial charge is 0.246 e. The number of amides is 1. The number of alkyl halides is 1. The van der Waals surface area contributed by atoms with Gasteiger partial charge in [0.25, 0.3) is 0 Å². The fourth-order valence-corrected chi connectivity index (χ4v) is 1.57. The van der Waals surface area contributed by atoms with Gasteiger partial charge in [-0.05, 0) is 33.6 Å². The van der Waals surface area contributed by atoms with Crippen molar-refractivity contribution in [2.24, 2.45) is 0 Å². The van der Waals surface area contributed by atoms with Crippen molar-refractivity contribution in [2.45, 2.75) is 52.2 Å². The molecule has 15 heavy (non-hydrogen) atoms. The van der Waals surface area contributed by atoms with Crippen LogP contribution in [0, 0.1) is 0 Å². The molecule has 0 saturated heterocycles. The number of rotatable bonds is 7. The van der Waals surface area contributed by atoms with Crippen LogP contribution in [0.15, 0.2) is 0 Å². The van der Waals surface area contributed by atoms with E-state index in [1.54, 1.807) is 0 Å². The van der Waals surface area contributed by atoms with E-state index in [4.69, 9.17) is 16.3 Å². The van der Waals surface area contributed by atoms with Gasteiger partial charge < -0.3 is 10.1 Å². The molecule has 1 amide bonds. The Hall–Kier alpha value is -0.280. The third-order valence-electron chi connectivity index (χ3n) is 2.42. The molecule has 0 rings (SSSR count). The van der Waals surface area contributed by atoms with Crippen molar-refractivity contribution in [3.05, 3.63) is 0 Å². The van der Waals surface area contributed by atoms with Gasteiger partial charge in [-0.2, -0.15) is 0 Å². The van der Waals surface area contributed by atoms with Gasteiger partial charge in [0, 0.05) is 11.4 Å². The monoisotopic (exact) mass is 235 g/mol. The molecule has 0 heterocycles. The largest absolute Gasteiger partial charge is 0.369 e. The molecule has 0 aromatic rings. The second-order valence-electron chi connectivity index (χ2n) is 4.26. The average molecular weight is 236 g/mol. The minimum absolute atomic E-state index is 0.0711. The van der Waals surface area contributed by atoms with E-state index in [9.17, 15) is 4.79 Å². The van der Waals surface area contributed by atoms with Crippen LogP contribution in [0.3, 0.4) is 0 Å². The highest BCUT2D eigenvalue weighted by atomic mass is 35.5. The van der Waals surface area contributed by atoms with E-state index < -0.39 is 0 Å². The molecule has 3 nitrogen and oxygen atoms in total. The second-order valence-corrected chi connectivity index (χ2v) is 4.64. The van der Waals surface area contributed by atoms with Crippen molar-refractivity contribution in [3.63, 3.8) is 0 Å². The Morgan fingerprint density at radius 1 is 1.53 bits per heavy atom. The SMILES string of the molecule is CCC(C)(CCCl)NC(=O)COC(C)C. The molecule has 1 N–H and O–H groups in total. The van der Waals surface area contributed by atoms with Gasteiger partial charge in [0.2, 0.25) is 5.91 Å². The van der Waals surface area contributed by atoms with Crippen molar-refractivity contribution < 1.29 is 9.53 Å². The Morgan fingerprint density at radius 3 is 2.53 bits per heavy atom. The first-order valence-electron chi connectivity index (χ1n) is 5.42. The summed E-state index contributed by atoms with van der Waals surface area (Å²) in [7, 11) is 0. The Morgan fingerprint density at radius 2 is 2.13 bits per heavy atom. The summed E-state index contributed by atoms with van der Waals surface area (Å²) in [6.07, 6.45) is 1.72. The highest BCUT2D eigenvalue weighted by Crippen LogP contribution is 2.14. The molecule has 0 bridgehead atoms. The zero-order valence-corrected chi connectivity index (χ0v) is 10.9. The fourth-order valence-electron chi connectivity index (χ4n) is 1.15. The molecule has 0 spiro atoms. The van der Waals surface area contributed by atoms with E-state index in [0.29, 0.717) is 5.88 Å². The number of nitrogens with one attached hydrogen (secondary N) is 1. The van der Waals surface area contributed by atoms with Crippen LogP contribution in [0.1, 0.15) is 40.5 Å². The normalized spacial score (nSPS) is 15.1. The van der Waals surface area contributed by atoms with Gasteiger partial charge in [-0.15, -0.1) is 11.6 Å². The standard InChI is InChI=1S/C11H22ClNO2/c1-5-11(4,6-7-12)13-10(14)8-15-9(2)3/h9H,5-8H2,1-4H3,(H,13,14). The number of carbonyl (C=O) groups excluding carboxylic acids is 1. The summed E-state index contributed by atoms with van der Waals surface area (Å²) in [6, 6.07) is 0. The minimum Gasteiger partial charge on any atom is -0.369 e. The summed E-state index contributed by atoms with van der Waals surface area (Å²) >= 11 is 5.69. The summed E-state index contributed by atoms with van der Waals surface area (Å²) in [4.78, 5) is 11.5. The molecular formula is C11H22ClNO2. The molecule has 1 atom stereocenters. The molecule has 90 valence electrons. The Kier molecular flexibility index (Phi) is 6.94. The lowest BCUT2D eigenvalue weighted by molar-refractivity contribution is -0.129. The van der Waals surface area contributed by atoms with Crippen LogP contribution in [0.4, 0.5) is 0 Å². The maximum absolute atomic E-state index is 11.5. The van der Waals surface area contributed by atoms with Crippen molar-refractivity contribution in [1.29, 1.82) is 0 Å². The lowest BCUT2D eigenvalue weighted by Crippen LogP contribution is -2.47. The van der Waals surface area contributed by atoms with Crippen molar-refractivity contribution in [3.8, 4) is 0 Å². The molecule has 0 aliphatic carbocycles. The van der Waals surface area contributed by atoms with Crippen LogP contribution in [-0.4, -0.2) is 30.0 Å². The van der Waals surface area contributed by atoms with Crippen molar-refractivity contribution >= 4 is 17.5 Å². The predicted molar refractivity (Wildman–Crippen MR) is 63.3 cm³/mol. The summed E-state index contributed by atoms with van der Waals surface area (Å²) in [5.74, 6) is 0.480. The van der Waals surface area contributed by atoms with Crippen LogP contribution in [-0.2, 0) is 9.53 Å². The summed E-state index contributed by atoms with van der Waals surface area (Å²) in [5.41, 5.74) is -0.209. The number of hydrogen-bond donors (Lipinski definition) is 1. The first kappa shape index (κ1) is 14.7. The lowest BCUT2D eigenvalue weighted by Gasteiger charge is -2.29. The number of halogens is 1. The zero-order chi connectivity index (χ0) is 11.9. The Labute approximate surface area is 97.5 Å². The van der Waals surface area contributed by atoms with E-state index in [1.807, 2.05) is 27.7 Å². The van der Waals surface area contributed by atoms with Gasteiger partial charge in [0.15, 0.2) is 0 Å². The van der Waals surface area contributed by atoms with Gasteiger partial charge in [-0.25, -0.2) is 0 Å². The van der Waals surface area contributed by atoms with Gasteiger partial charge in [-0.3, -0.25) is 4.79 Å². The Bertz CT molecular complexity index is 197. The topological polar surface area (TPSA) is 38.3 Å². The molecule has 0 aromatic heterocycles. The minimum atomic E-state index is -0.209. The quantitative estimate of drug-likeness (QED) is 0.688. The number of hydrogen-bond acceptors (Lipinski definition) is 2. The average Bonchev–Trinajstić information content (AvgIpc) is 2.15. The second kappa shape index (κ2) is 7.07. The third-order valence-corrected chi connectivity index (χ3v) is 2.60. The highest BCUT2D eigenvalue weighted by molar-refractivity contribution is 6.17. The first-order chi connectivity index (χ1) is 6.93. The van der Waals surface area contributed by atoms with E-state index in [2.05, 4.69) is 5.32 Å². The molecule has 4 heteroatoms. The predicted octanol–water partition coefficient (Wildman–Crippen LogP) is 2.33. The molecule has 0 fully saturated rings. The van der Waals surface area contributed by atoms with E-state index >= 15 is 0 Å². The maximum Gasteiger partial charge on any atom is 0.246 e. The number of carbonyl (C=O) groups is 1. The Balaban J connectivity index is 4.01. The highest BCUT2D eigenvalue weighted by Gasteiger charge is 2.23. The fraction of sp³-hybridized carbons (Fsp3) is 0.909. The van der Waals surface area contributed by atoms with E-state index in [-0.39, 0.29) is 24.2 Å².